The van der Waals surface area contributed by atoms with Gasteiger partial charge < -0.3 is 9.88 Å². The Kier molecular flexibility index (Phi) is 4.35. The number of carbonyl (C=O) groups excluding carboxylic acids is 1. The van der Waals surface area contributed by atoms with E-state index in [-0.39, 0.29) is 5.91 Å². The van der Waals surface area contributed by atoms with Crippen LogP contribution in [0.2, 0.25) is 5.02 Å². The van der Waals surface area contributed by atoms with Crippen molar-refractivity contribution < 1.29 is 4.79 Å². The molecule has 7 heteroatoms. The van der Waals surface area contributed by atoms with Crippen LogP contribution >= 0.6 is 23.4 Å². The monoisotopic (exact) mass is 324 g/mol. The summed E-state index contributed by atoms with van der Waals surface area (Å²) in [4.78, 5) is 25.8. The van der Waals surface area contributed by atoms with Crippen LogP contribution in [0.3, 0.4) is 0 Å². The molecule has 2 aromatic heterocycles. The van der Waals surface area contributed by atoms with Crippen LogP contribution in [-0.2, 0) is 4.79 Å². The van der Waals surface area contributed by atoms with E-state index in [9.17, 15) is 4.79 Å². The smallest absolute Gasteiger partial charge is 0.233 e. The van der Waals surface area contributed by atoms with Gasteiger partial charge in [-0.05, 0) is 24.8 Å². The fourth-order valence-corrected chi connectivity index (χ4v) is 3.33. The van der Waals surface area contributed by atoms with Crippen LogP contribution in [-0.4, -0.2) is 44.6 Å². The van der Waals surface area contributed by atoms with Crippen molar-refractivity contribution in [2.45, 2.75) is 24.9 Å². The highest BCUT2D eigenvalue weighted by Crippen LogP contribution is 2.22. The number of thioether (sulfide) groups is 1. The van der Waals surface area contributed by atoms with Crippen molar-refractivity contribution in [2.75, 3.05) is 18.8 Å². The lowest BCUT2D eigenvalue weighted by atomic mass is 9.99. The number of piperidine rings is 1. The van der Waals surface area contributed by atoms with Gasteiger partial charge in [0.05, 0.1) is 16.3 Å². The fourth-order valence-electron chi connectivity index (χ4n) is 2.40. The molecule has 1 saturated heterocycles. The number of carbonyl (C=O) groups is 1. The van der Waals surface area contributed by atoms with Gasteiger partial charge in [0.1, 0.15) is 0 Å². The molecule has 0 atom stereocenters. The molecule has 3 rings (SSSR count). The number of aromatic amines is 1. The van der Waals surface area contributed by atoms with E-state index in [4.69, 9.17) is 11.6 Å². The SMILES string of the molecule is CC1CCN(C(=O)CSc2nc3ncc(Cl)cc3[nH]2)CC1. The first-order valence-electron chi connectivity index (χ1n) is 7.03. The number of hydrogen-bond acceptors (Lipinski definition) is 4. The van der Waals surface area contributed by atoms with Gasteiger partial charge in [-0.15, -0.1) is 0 Å². The molecular formula is C14H17ClN4OS. The Bertz CT molecular complexity index is 651. The molecule has 0 radical (unpaired) electrons. The molecule has 3 heterocycles. The predicted molar refractivity (Wildman–Crippen MR) is 84.6 cm³/mol. The Balaban J connectivity index is 1.59. The summed E-state index contributed by atoms with van der Waals surface area (Å²) in [7, 11) is 0. The molecule has 0 aliphatic carbocycles. The van der Waals surface area contributed by atoms with E-state index in [1.165, 1.54) is 11.8 Å². The van der Waals surface area contributed by atoms with Crippen LogP contribution < -0.4 is 0 Å². The maximum Gasteiger partial charge on any atom is 0.233 e. The van der Waals surface area contributed by atoms with Crippen LogP contribution in [0.1, 0.15) is 19.8 Å². The molecule has 21 heavy (non-hydrogen) atoms. The largest absolute Gasteiger partial charge is 0.342 e. The summed E-state index contributed by atoms with van der Waals surface area (Å²) in [5.74, 6) is 1.31. The molecule has 0 aromatic carbocycles. The lowest BCUT2D eigenvalue weighted by molar-refractivity contribution is -0.129. The number of rotatable bonds is 3. The van der Waals surface area contributed by atoms with Gasteiger partial charge in [0.25, 0.3) is 0 Å². The Hall–Kier alpha value is -1.27. The van der Waals surface area contributed by atoms with Gasteiger partial charge in [0.2, 0.25) is 5.91 Å². The molecule has 0 unspecified atom stereocenters. The topological polar surface area (TPSA) is 61.9 Å². The highest BCUT2D eigenvalue weighted by atomic mass is 35.5. The van der Waals surface area contributed by atoms with Crippen molar-refractivity contribution in [1.82, 2.24) is 19.9 Å². The molecule has 2 aromatic rings. The van der Waals surface area contributed by atoms with E-state index >= 15 is 0 Å². The molecule has 1 N–H and O–H groups in total. The van der Waals surface area contributed by atoms with Gasteiger partial charge in [-0.1, -0.05) is 30.3 Å². The van der Waals surface area contributed by atoms with Gasteiger partial charge in [-0.2, -0.15) is 0 Å². The Morgan fingerprint density at radius 3 is 3.05 bits per heavy atom. The van der Waals surface area contributed by atoms with Crippen LogP contribution in [0.25, 0.3) is 11.2 Å². The van der Waals surface area contributed by atoms with Crippen LogP contribution in [0.5, 0.6) is 0 Å². The van der Waals surface area contributed by atoms with Gasteiger partial charge in [0.15, 0.2) is 10.8 Å². The van der Waals surface area contributed by atoms with E-state index in [1.54, 1.807) is 12.3 Å². The minimum atomic E-state index is 0.179. The van der Waals surface area contributed by atoms with Crippen molar-refractivity contribution in [3.8, 4) is 0 Å². The van der Waals surface area contributed by atoms with Gasteiger partial charge in [0, 0.05) is 19.3 Å². The molecule has 1 fully saturated rings. The summed E-state index contributed by atoms with van der Waals surface area (Å²) in [5, 5.41) is 1.28. The quantitative estimate of drug-likeness (QED) is 0.882. The highest BCUT2D eigenvalue weighted by Gasteiger charge is 2.20. The summed E-state index contributed by atoms with van der Waals surface area (Å²) >= 11 is 7.30. The second-order valence-corrected chi connectivity index (χ2v) is 6.82. The summed E-state index contributed by atoms with van der Waals surface area (Å²) in [6.45, 7) is 3.98. The minimum absolute atomic E-state index is 0.179. The first-order valence-corrected chi connectivity index (χ1v) is 8.40. The second-order valence-electron chi connectivity index (χ2n) is 5.42. The second kappa shape index (κ2) is 6.23. The number of hydrogen-bond donors (Lipinski definition) is 1. The average Bonchev–Trinajstić information content (AvgIpc) is 2.87. The third-order valence-electron chi connectivity index (χ3n) is 3.75. The summed E-state index contributed by atoms with van der Waals surface area (Å²) in [5.41, 5.74) is 1.42. The zero-order valence-corrected chi connectivity index (χ0v) is 13.4. The van der Waals surface area contributed by atoms with E-state index in [2.05, 4.69) is 21.9 Å². The van der Waals surface area contributed by atoms with Gasteiger partial charge >= 0.3 is 0 Å². The molecule has 1 aliphatic rings. The minimum Gasteiger partial charge on any atom is -0.342 e. The maximum absolute atomic E-state index is 12.2. The molecule has 0 saturated carbocycles. The zero-order chi connectivity index (χ0) is 14.8. The molecule has 5 nitrogen and oxygen atoms in total. The van der Waals surface area contributed by atoms with Gasteiger partial charge in [-0.25, -0.2) is 9.97 Å². The number of pyridine rings is 1. The zero-order valence-electron chi connectivity index (χ0n) is 11.8. The fraction of sp³-hybridized carbons (Fsp3) is 0.500. The van der Waals surface area contributed by atoms with Crippen molar-refractivity contribution in [3.63, 3.8) is 0 Å². The molecule has 0 spiro atoms. The number of H-pyrrole nitrogens is 1. The average molecular weight is 325 g/mol. The first kappa shape index (κ1) is 14.7. The van der Waals surface area contributed by atoms with E-state index in [0.717, 1.165) is 37.4 Å². The van der Waals surface area contributed by atoms with Crippen molar-refractivity contribution in [1.29, 1.82) is 0 Å². The number of likely N-dealkylation sites (tertiary alicyclic amines) is 1. The number of aromatic nitrogens is 3. The predicted octanol–water partition coefficient (Wildman–Crippen LogP) is 2.96. The number of halogens is 1. The van der Waals surface area contributed by atoms with Crippen LogP contribution in [0.15, 0.2) is 17.4 Å². The van der Waals surface area contributed by atoms with Crippen molar-refractivity contribution >= 4 is 40.4 Å². The van der Waals surface area contributed by atoms with Crippen LogP contribution in [0, 0.1) is 5.92 Å². The molecule has 1 amide bonds. The Morgan fingerprint density at radius 1 is 1.52 bits per heavy atom. The van der Waals surface area contributed by atoms with Crippen molar-refractivity contribution in [2.24, 2.45) is 5.92 Å². The molecule has 112 valence electrons. The van der Waals surface area contributed by atoms with E-state index in [1.807, 2.05) is 4.90 Å². The standard InChI is InChI=1S/C14H17ClN4OS/c1-9-2-4-19(5-3-9)12(20)8-21-14-17-11-6-10(15)7-16-13(11)18-14/h6-7,9H,2-5,8H2,1H3,(H,16,17,18). The van der Waals surface area contributed by atoms with E-state index in [0.29, 0.717) is 21.6 Å². The molecular weight excluding hydrogens is 308 g/mol. The van der Waals surface area contributed by atoms with Crippen molar-refractivity contribution in [3.05, 3.63) is 17.3 Å². The number of amides is 1. The maximum atomic E-state index is 12.2. The Labute approximate surface area is 132 Å². The van der Waals surface area contributed by atoms with E-state index < -0.39 is 0 Å². The third-order valence-corrected chi connectivity index (χ3v) is 4.82. The first-order chi connectivity index (χ1) is 10.1. The number of nitrogens with zero attached hydrogens (tertiary/aromatic N) is 3. The van der Waals surface area contributed by atoms with Crippen LogP contribution in [0.4, 0.5) is 0 Å². The Morgan fingerprint density at radius 2 is 2.29 bits per heavy atom. The number of imidazole rings is 1. The lowest BCUT2D eigenvalue weighted by Crippen LogP contribution is -2.38. The summed E-state index contributed by atoms with van der Waals surface area (Å²) < 4.78 is 0. The number of nitrogens with one attached hydrogen (secondary N) is 1. The lowest BCUT2D eigenvalue weighted by Gasteiger charge is -2.30. The molecule has 1 aliphatic heterocycles. The normalized spacial score (nSPS) is 16.6. The number of fused-ring (bicyclic) bond motifs is 1. The molecule has 0 bridgehead atoms. The summed E-state index contributed by atoms with van der Waals surface area (Å²) in [6.07, 6.45) is 3.77. The summed E-state index contributed by atoms with van der Waals surface area (Å²) in [6, 6.07) is 1.79. The third kappa shape index (κ3) is 3.49. The van der Waals surface area contributed by atoms with Gasteiger partial charge in [-0.3, -0.25) is 4.79 Å². The highest BCUT2D eigenvalue weighted by molar-refractivity contribution is 7.99.